The third kappa shape index (κ3) is 6.03. The largest absolute Gasteiger partial charge is 0.462 e. The molecule has 1 N–H and O–H groups in total. The van der Waals surface area contributed by atoms with Gasteiger partial charge in [-0.3, -0.25) is 4.79 Å². The number of benzene rings is 1. The lowest BCUT2D eigenvalue weighted by Crippen LogP contribution is -2.16. The molecule has 0 aliphatic rings. The number of nitrogens with one attached hydrogen (secondary N) is 1. The van der Waals surface area contributed by atoms with E-state index >= 15 is 0 Å². The number of thiophene rings is 1. The molecule has 0 saturated carbocycles. The van der Waals surface area contributed by atoms with Gasteiger partial charge in [-0.2, -0.15) is 0 Å². The average Bonchev–Trinajstić information content (AvgIpc) is 3.35. The minimum Gasteiger partial charge on any atom is -0.462 e. The van der Waals surface area contributed by atoms with Crippen molar-refractivity contribution in [2.24, 2.45) is 7.05 Å². The van der Waals surface area contributed by atoms with Crippen molar-refractivity contribution in [3.05, 3.63) is 46.3 Å². The van der Waals surface area contributed by atoms with Crippen molar-refractivity contribution >= 4 is 40.0 Å². The van der Waals surface area contributed by atoms with Gasteiger partial charge in [0.2, 0.25) is 5.91 Å². The summed E-state index contributed by atoms with van der Waals surface area (Å²) in [6, 6.07) is 10.1. The molecule has 0 atom stereocenters. The number of nitrogens with zero attached hydrogens (tertiary/aromatic N) is 3. The van der Waals surface area contributed by atoms with E-state index < -0.39 is 5.97 Å². The lowest BCUT2D eigenvalue weighted by molar-refractivity contribution is -0.113. The number of thioether (sulfide) groups is 1. The zero-order chi connectivity index (χ0) is 24.2. The van der Waals surface area contributed by atoms with Gasteiger partial charge >= 0.3 is 5.97 Å². The molecule has 7 nitrogen and oxygen atoms in total. The maximum Gasteiger partial charge on any atom is 0.341 e. The van der Waals surface area contributed by atoms with Gasteiger partial charge in [0.05, 0.1) is 17.9 Å². The summed E-state index contributed by atoms with van der Waals surface area (Å²) in [4.78, 5) is 25.8. The fourth-order valence-corrected chi connectivity index (χ4v) is 4.89. The lowest BCUT2D eigenvalue weighted by atomic mass is 9.87. The SMILES string of the molecule is CCOC(=O)c1cc(CC)sc1NC(=O)CSc1nnc(-c2ccc(C(C)(C)C)cc2)n1C. The number of rotatable bonds is 8. The van der Waals surface area contributed by atoms with Crippen LogP contribution in [-0.4, -0.2) is 39.0 Å². The van der Waals surface area contributed by atoms with Crippen molar-refractivity contribution in [3.8, 4) is 11.4 Å². The summed E-state index contributed by atoms with van der Waals surface area (Å²) in [5, 5.41) is 12.6. The first-order chi connectivity index (χ1) is 15.6. The molecule has 0 radical (unpaired) electrons. The highest BCUT2D eigenvalue weighted by molar-refractivity contribution is 7.99. The molecule has 3 aromatic rings. The molecule has 176 valence electrons. The van der Waals surface area contributed by atoms with Crippen LogP contribution in [0.25, 0.3) is 11.4 Å². The van der Waals surface area contributed by atoms with Gasteiger partial charge in [0, 0.05) is 17.5 Å². The van der Waals surface area contributed by atoms with Gasteiger partial charge in [-0.05, 0) is 30.4 Å². The molecule has 3 rings (SSSR count). The second kappa shape index (κ2) is 10.5. The smallest absolute Gasteiger partial charge is 0.341 e. The Balaban J connectivity index is 1.67. The molecule has 0 aliphatic carbocycles. The van der Waals surface area contributed by atoms with Crippen LogP contribution in [0, 0.1) is 0 Å². The Morgan fingerprint density at radius 3 is 2.45 bits per heavy atom. The van der Waals surface area contributed by atoms with Crippen LogP contribution >= 0.6 is 23.1 Å². The van der Waals surface area contributed by atoms with Crippen molar-refractivity contribution < 1.29 is 14.3 Å². The Kier molecular flexibility index (Phi) is 7.97. The Morgan fingerprint density at radius 1 is 1.15 bits per heavy atom. The number of carbonyl (C=O) groups is 2. The monoisotopic (exact) mass is 486 g/mol. The molecule has 0 unspecified atom stereocenters. The van der Waals surface area contributed by atoms with Gasteiger partial charge in [0.25, 0.3) is 0 Å². The molecule has 2 heterocycles. The van der Waals surface area contributed by atoms with Gasteiger partial charge in [0.1, 0.15) is 5.00 Å². The van der Waals surface area contributed by atoms with E-state index in [1.54, 1.807) is 13.0 Å². The van der Waals surface area contributed by atoms with Crippen LogP contribution in [0.4, 0.5) is 5.00 Å². The highest BCUT2D eigenvalue weighted by Crippen LogP contribution is 2.30. The first kappa shape index (κ1) is 25.0. The van der Waals surface area contributed by atoms with E-state index in [-0.39, 0.29) is 23.7 Å². The minimum absolute atomic E-state index is 0.0837. The van der Waals surface area contributed by atoms with Crippen LogP contribution in [0.1, 0.15) is 55.4 Å². The number of aromatic nitrogens is 3. The number of carbonyl (C=O) groups excluding carboxylic acids is 2. The fourth-order valence-electron chi connectivity index (χ4n) is 3.17. The Morgan fingerprint density at radius 2 is 1.85 bits per heavy atom. The number of amides is 1. The molecule has 1 amide bonds. The summed E-state index contributed by atoms with van der Waals surface area (Å²) in [6.45, 7) is 10.6. The first-order valence-corrected chi connectivity index (χ1v) is 12.7. The maximum atomic E-state index is 12.6. The van der Waals surface area contributed by atoms with E-state index in [1.165, 1.54) is 28.7 Å². The van der Waals surface area contributed by atoms with E-state index in [4.69, 9.17) is 4.74 Å². The molecule has 0 aliphatic heterocycles. The molecule has 0 saturated heterocycles. The number of aryl methyl sites for hydroxylation is 1. The molecular weight excluding hydrogens is 456 g/mol. The summed E-state index contributed by atoms with van der Waals surface area (Å²) in [7, 11) is 1.89. The third-order valence-corrected chi connectivity index (χ3v) is 7.27. The summed E-state index contributed by atoms with van der Waals surface area (Å²) in [6.07, 6.45) is 0.778. The minimum atomic E-state index is -0.424. The van der Waals surface area contributed by atoms with Crippen LogP contribution in [0.3, 0.4) is 0 Å². The van der Waals surface area contributed by atoms with Crippen LogP contribution in [0.15, 0.2) is 35.5 Å². The topological polar surface area (TPSA) is 86.1 Å². The van der Waals surface area contributed by atoms with E-state index in [1.807, 2.05) is 30.7 Å². The Hall–Kier alpha value is -2.65. The molecule has 0 fully saturated rings. The van der Waals surface area contributed by atoms with Crippen molar-refractivity contribution in [1.29, 1.82) is 0 Å². The summed E-state index contributed by atoms with van der Waals surface area (Å²) in [5.41, 5.74) is 2.71. The Labute approximate surface area is 203 Å². The molecule has 2 aromatic heterocycles. The van der Waals surface area contributed by atoms with Crippen molar-refractivity contribution in [1.82, 2.24) is 14.8 Å². The fraction of sp³-hybridized carbons (Fsp3) is 0.417. The van der Waals surface area contributed by atoms with Gasteiger partial charge in [-0.25, -0.2) is 4.79 Å². The van der Waals surface area contributed by atoms with Crippen LogP contribution in [-0.2, 0) is 28.4 Å². The van der Waals surface area contributed by atoms with Gasteiger partial charge in [0.15, 0.2) is 11.0 Å². The number of hydrogen-bond donors (Lipinski definition) is 1. The van der Waals surface area contributed by atoms with Gasteiger partial charge < -0.3 is 14.6 Å². The second-order valence-electron chi connectivity index (χ2n) is 8.56. The summed E-state index contributed by atoms with van der Waals surface area (Å²) < 4.78 is 7.00. The highest BCUT2D eigenvalue weighted by atomic mass is 32.2. The van der Waals surface area contributed by atoms with Gasteiger partial charge in [-0.1, -0.05) is 63.7 Å². The number of anilines is 1. The van der Waals surface area contributed by atoms with E-state index in [9.17, 15) is 9.59 Å². The summed E-state index contributed by atoms with van der Waals surface area (Å²) >= 11 is 2.70. The lowest BCUT2D eigenvalue weighted by Gasteiger charge is -2.19. The molecule has 0 spiro atoms. The van der Waals surface area contributed by atoms with E-state index in [0.29, 0.717) is 15.7 Å². The third-order valence-electron chi connectivity index (χ3n) is 5.06. The van der Waals surface area contributed by atoms with Crippen LogP contribution in [0.2, 0.25) is 0 Å². The molecule has 1 aromatic carbocycles. The van der Waals surface area contributed by atoms with E-state index in [2.05, 4.69) is 48.4 Å². The van der Waals surface area contributed by atoms with Crippen LogP contribution < -0.4 is 5.32 Å². The zero-order valence-corrected chi connectivity index (χ0v) is 21.5. The van der Waals surface area contributed by atoms with E-state index in [0.717, 1.165) is 22.7 Å². The number of ether oxygens (including phenoxy) is 1. The maximum absolute atomic E-state index is 12.6. The molecule has 0 bridgehead atoms. The highest BCUT2D eigenvalue weighted by Gasteiger charge is 2.20. The summed E-state index contributed by atoms with van der Waals surface area (Å²) in [5.74, 6) is 0.256. The van der Waals surface area contributed by atoms with Gasteiger partial charge in [-0.15, -0.1) is 21.5 Å². The molecule has 9 heteroatoms. The quantitative estimate of drug-likeness (QED) is 0.343. The average molecular weight is 487 g/mol. The van der Waals surface area contributed by atoms with Crippen molar-refractivity contribution in [3.63, 3.8) is 0 Å². The standard InChI is InChI=1S/C24H30N4O3S2/c1-7-17-13-18(22(30)31-8-2)21(33-17)25-19(29)14-32-23-27-26-20(28(23)6)15-9-11-16(12-10-15)24(3,4)5/h9-13H,7-8,14H2,1-6H3,(H,25,29). The number of hydrogen-bond acceptors (Lipinski definition) is 7. The zero-order valence-electron chi connectivity index (χ0n) is 19.9. The normalized spacial score (nSPS) is 11.5. The van der Waals surface area contributed by atoms with Crippen LogP contribution in [0.5, 0.6) is 0 Å². The van der Waals surface area contributed by atoms with Crippen molar-refractivity contribution in [2.45, 2.75) is 51.6 Å². The van der Waals surface area contributed by atoms with Crippen molar-refractivity contribution in [2.75, 3.05) is 17.7 Å². The molecule has 33 heavy (non-hydrogen) atoms. The molecular formula is C24H30N4O3S2. The second-order valence-corrected chi connectivity index (χ2v) is 10.6. The first-order valence-electron chi connectivity index (χ1n) is 10.9. The number of esters is 1. The Bertz CT molecular complexity index is 1130. The predicted octanol–water partition coefficient (Wildman–Crippen LogP) is 5.31. The predicted molar refractivity (Wildman–Crippen MR) is 134 cm³/mol.